The van der Waals surface area contributed by atoms with Crippen molar-refractivity contribution in [2.75, 3.05) is 12.1 Å². The summed E-state index contributed by atoms with van der Waals surface area (Å²) in [4.78, 5) is 12.7. The summed E-state index contributed by atoms with van der Waals surface area (Å²) in [6.07, 6.45) is 0. The molecule has 1 aliphatic heterocycles. The van der Waals surface area contributed by atoms with Gasteiger partial charge in [0.15, 0.2) is 11.5 Å². The van der Waals surface area contributed by atoms with Gasteiger partial charge in [0.25, 0.3) is 0 Å². The van der Waals surface area contributed by atoms with Crippen molar-refractivity contribution in [3.8, 4) is 11.5 Å². The Morgan fingerprint density at radius 1 is 1.09 bits per heavy atom. The number of benzene rings is 2. The molecule has 0 aliphatic carbocycles. The van der Waals surface area contributed by atoms with Gasteiger partial charge in [-0.15, -0.1) is 0 Å². The predicted molar refractivity (Wildman–Crippen MR) is 90.2 cm³/mol. The molecule has 0 saturated heterocycles. The van der Waals surface area contributed by atoms with E-state index in [9.17, 15) is 4.79 Å². The van der Waals surface area contributed by atoms with Crippen LogP contribution in [0.4, 0.5) is 5.69 Å². The maximum Gasteiger partial charge on any atom is 0.232 e. The summed E-state index contributed by atoms with van der Waals surface area (Å²) < 4.78 is 10.6. The molecule has 0 aromatic heterocycles. The van der Waals surface area contributed by atoms with Crippen LogP contribution in [-0.4, -0.2) is 12.7 Å². The first kappa shape index (κ1) is 15.7. The van der Waals surface area contributed by atoms with Gasteiger partial charge in [0.2, 0.25) is 12.7 Å². The van der Waals surface area contributed by atoms with Crippen LogP contribution in [0.1, 0.15) is 25.3 Å². The topological polar surface area (TPSA) is 47.6 Å². The van der Waals surface area contributed by atoms with Crippen LogP contribution in [0.5, 0.6) is 11.5 Å². The zero-order chi connectivity index (χ0) is 16.4. The van der Waals surface area contributed by atoms with E-state index in [1.807, 2.05) is 32.0 Å². The van der Waals surface area contributed by atoms with Gasteiger partial charge >= 0.3 is 0 Å². The largest absolute Gasteiger partial charge is 0.454 e. The lowest BCUT2D eigenvalue weighted by atomic mass is 9.87. The summed E-state index contributed by atoms with van der Waals surface area (Å²) >= 11 is 5.93. The summed E-state index contributed by atoms with van der Waals surface area (Å²) in [5, 5.41) is 3.62. The van der Waals surface area contributed by atoms with Crippen molar-refractivity contribution in [2.24, 2.45) is 5.92 Å². The third-order valence-electron chi connectivity index (χ3n) is 3.82. The van der Waals surface area contributed by atoms with Gasteiger partial charge in [-0.2, -0.15) is 0 Å². The van der Waals surface area contributed by atoms with E-state index in [0.717, 1.165) is 5.56 Å². The number of halogens is 1. The number of hydrogen-bond donors (Lipinski definition) is 1. The summed E-state index contributed by atoms with van der Waals surface area (Å²) in [5.41, 5.74) is 1.64. The molecule has 0 unspecified atom stereocenters. The molecule has 0 spiro atoms. The Bertz CT molecular complexity index is 713. The van der Waals surface area contributed by atoms with E-state index in [1.54, 1.807) is 24.3 Å². The van der Waals surface area contributed by atoms with Gasteiger partial charge < -0.3 is 14.8 Å². The van der Waals surface area contributed by atoms with Crippen LogP contribution >= 0.6 is 11.6 Å². The molecular formula is C18H18ClNO3. The molecule has 1 amide bonds. The SMILES string of the molecule is CC(C)[C@@H](C(=O)Nc1ccc2c(c1)OCO2)c1ccc(Cl)cc1. The molecule has 1 N–H and O–H groups in total. The second-order valence-corrected chi connectivity index (χ2v) is 6.27. The molecule has 1 heterocycles. The van der Waals surface area contributed by atoms with Crippen molar-refractivity contribution in [3.63, 3.8) is 0 Å². The molecule has 3 rings (SSSR count). The predicted octanol–water partition coefficient (Wildman–Crippen LogP) is 4.45. The zero-order valence-corrected chi connectivity index (χ0v) is 13.8. The second-order valence-electron chi connectivity index (χ2n) is 5.83. The number of fused-ring (bicyclic) bond motifs is 1. The molecule has 2 aromatic rings. The third-order valence-corrected chi connectivity index (χ3v) is 4.07. The Balaban J connectivity index is 1.80. The first-order valence-corrected chi connectivity index (χ1v) is 7.88. The highest BCUT2D eigenvalue weighted by Crippen LogP contribution is 2.35. The van der Waals surface area contributed by atoms with Crippen molar-refractivity contribution >= 4 is 23.2 Å². The van der Waals surface area contributed by atoms with Gasteiger partial charge in [0, 0.05) is 16.8 Å². The number of rotatable bonds is 4. The van der Waals surface area contributed by atoms with Crippen LogP contribution in [0.2, 0.25) is 5.02 Å². The van der Waals surface area contributed by atoms with Gasteiger partial charge in [-0.05, 0) is 35.7 Å². The minimum atomic E-state index is -0.252. The Morgan fingerprint density at radius 3 is 2.48 bits per heavy atom. The van der Waals surface area contributed by atoms with E-state index < -0.39 is 0 Å². The molecule has 0 fully saturated rings. The minimum absolute atomic E-state index is 0.0545. The fourth-order valence-electron chi connectivity index (χ4n) is 2.70. The molecule has 0 bridgehead atoms. The fraction of sp³-hybridized carbons (Fsp3) is 0.278. The van der Waals surface area contributed by atoms with E-state index in [-0.39, 0.29) is 24.5 Å². The number of amides is 1. The lowest BCUT2D eigenvalue weighted by Gasteiger charge is -2.21. The Hall–Kier alpha value is -2.20. The van der Waals surface area contributed by atoms with Crippen molar-refractivity contribution in [3.05, 3.63) is 53.1 Å². The maximum absolute atomic E-state index is 12.7. The standard InChI is InChI=1S/C18H18ClNO3/c1-11(2)17(12-3-5-13(19)6-4-12)18(21)20-14-7-8-15-16(9-14)23-10-22-15/h3-9,11,17H,10H2,1-2H3,(H,20,21)/t17-/m1/s1. The molecule has 120 valence electrons. The minimum Gasteiger partial charge on any atom is -0.454 e. The number of nitrogens with one attached hydrogen (secondary N) is 1. The van der Waals surface area contributed by atoms with Crippen molar-refractivity contribution in [1.82, 2.24) is 0 Å². The highest BCUT2D eigenvalue weighted by Gasteiger charge is 2.25. The third kappa shape index (κ3) is 3.42. The van der Waals surface area contributed by atoms with Crippen LogP contribution in [-0.2, 0) is 4.79 Å². The highest BCUT2D eigenvalue weighted by atomic mass is 35.5. The second kappa shape index (κ2) is 6.50. The van der Waals surface area contributed by atoms with Crippen LogP contribution in [0, 0.1) is 5.92 Å². The Labute approximate surface area is 140 Å². The number of ether oxygens (including phenoxy) is 2. The van der Waals surface area contributed by atoms with Gasteiger partial charge in [-0.3, -0.25) is 4.79 Å². The number of hydrogen-bond acceptors (Lipinski definition) is 3. The first-order chi connectivity index (χ1) is 11.0. The normalized spacial score (nSPS) is 13.9. The van der Waals surface area contributed by atoms with Gasteiger partial charge in [-0.1, -0.05) is 37.6 Å². The van der Waals surface area contributed by atoms with Crippen LogP contribution in [0.25, 0.3) is 0 Å². The maximum atomic E-state index is 12.7. The molecule has 0 radical (unpaired) electrons. The Morgan fingerprint density at radius 2 is 1.78 bits per heavy atom. The van der Waals surface area contributed by atoms with E-state index in [2.05, 4.69) is 5.32 Å². The van der Waals surface area contributed by atoms with E-state index in [1.165, 1.54) is 0 Å². The van der Waals surface area contributed by atoms with E-state index in [0.29, 0.717) is 22.2 Å². The van der Waals surface area contributed by atoms with E-state index in [4.69, 9.17) is 21.1 Å². The molecule has 5 heteroatoms. The van der Waals surface area contributed by atoms with E-state index >= 15 is 0 Å². The van der Waals surface area contributed by atoms with Gasteiger partial charge in [0.05, 0.1) is 5.92 Å². The first-order valence-electron chi connectivity index (χ1n) is 7.50. The van der Waals surface area contributed by atoms with Crippen LogP contribution in [0.15, 0.2) is 42.5 Å². The van der Waals surface area contributed by atoms with Crippen molar-refractivity contribution < 1.29 is 14.3 Å². The molecule has 2 aromatic carbocycles. The monoisotopic (exact) mass is 331 g/mol. The summed E-state index contributed by atoms with van der Waals surface area (Å²) in [5.74, 6) is 1.19. The molecular weight excluding hydrogens is 314 g/mol. The molecule has 0 saturated carbocycles. The molecule has 1 atom stereocenters. The highest BCUT2D eigenvalue weighted by molar-refractivity contribution is 6.30. The average molecular weight is 332 g/mol. The summed E-state index contributed by atoms with van der Waals surface area (Å²) in [7, 11) is 0. The number of carbonyl (C=O) groups is 1. The Kier molecular flexibility index (Phi) is 4.44. The molecule has 23 heavy (non-hydrogen) atoms. The van der Waals surface area contributed by atoms with Crippen molar-refractivity contribution in [2.45, 2.75) is 19.8 Å². The summed E-state index contributed by atoms with van der Waals surface area (Å²) in [6.45, 7) is 4.27. The lowest BCUT2D eigenvalue weighted by Crippen LogP contribution is -2.25. The van der Waals surface area contributed by atoms with Crippen LogP contribution in [0.3, 0.4) is 0 Å². The average Bonchev–Trinajstić information content (AvgIpc) is 2.96. The fourth-order valence-corrected chi connectivity index (χ4v) is 2.83. The summed E-state index contributed by atoms with van der Waals surface area (Å²) in [6, 6.07) is 12.8. The number of anilines is 1. The quantitative estimate of drug-likeness (QED) is 0.900. The zero-order valence-electron chi connectivity index (χ0n) is 13.0. The van der Waals surface area contributed by atoms with Gasteiger partial charge in [-0.25, -0.2) is 0 Å². The van der Waals surface area contributed by atoms with Gasteiger partial charge in [0.1, 0.15) is 0 Å². The smallest absolute Gasteiger partial charge is 0.232 e. The van der Waals surface area contributed by atoms with Crippen LogP contribution < -0.4 is 14.8 Å². The molecule has 4 nitrogen and oxygen atoms in total. The number of carbonyl (C=O) groups excluding carboxylic acids is 1. The molecule has 1 aliphatic rings. The van der Waals surface area contributed by atoms with Crippen molar-refractivity contribution in [1.29, 1.82) is 0 Å². The lowest BCUT2D eigenvalue weighted by molar-refractivity contribution is -0.118.